The fourth-order valence-electron chi connectivity index (χ4n) is 1.83. The van der Waals surface area contributed by atoms with Crippen molar-refractivity contribution in [2.75, 3.05) is 20.3 Å². The Balaban J connectivity index is 1.91. The summed E-state index contributed by atoms with van der Waals surface area (Å²) in [5, 5.41) is 0.358. The molecular weight excluding hydrogens is 256 g/mol. The summed E-state index contributed by atoms with van der Waals surface area (Å²) in [6.07, 6.45) is 3.50. The highest BCUT2D eigenvalue weighted by atomic mass is 35.5. The molecule has 1 aliphatic heterocycles. The SMILES string of the molecule is COCc1nc(Cl)cc(OCC2CCCCO2)n1. The Hall–Kier alpha value is -0.910. The summed E-state index contributed by atoms with van der Waals surface area (Å²) in [5.74, 6) is 0.987. The van der Waals surface area contributed by atoms with E-state index in [4.69, 9.17) is 25.8 Å². The van der Waals surface area contributed by atoms with Gasteiger partial charge < -0.3 is 14.2 Å². The van der Waals surface area contributed by atoms with Crippen LogP contribution in [0.1, 0.15) is 25.1 Å². The molecule has 18 heavy (non-hydrogen) atoms. The van der Waals surface area contributed by atoms with Gasteiger partial charge in [0.15, 0.2) is 5.82 Å². The molecule has 2 rings (SSSR count). The Morgan fingerprint density at radius 3 is 3.06 bits per heavy atom. The third-order valence-corrected chi connectivity index (χ3v) is 2.88. The van der Waals surface area contributed by atoms with Crippen molar-refractivity contribution in [3.8, 4) is 5.88 Å². The van der Waals surface area contributed by atoms with Crippen molar-refractivity contribution in [3.05, 3.63) is 17.0 Å². The Morgan fingerprint density at radius 2 is 2.33 bits per heavy atom. The molecule has 1 aromatic heterocycles. The van der Waals surface area contributed by atoms with Crippen LogP contribution in [0.2, 0.25) is 5.15 Å². The van der Waals surface area contributed by atoms with Gasteiger partial charge in [0.25, 0.3) is 0 Å². The quantitative estimate of drug-likeness (QED) is 0.770. The number of methoxy groups -OCH3 is 1. The molecule has 0 radical (unpaired) electrons. The molecule has 1 unspecified atom stereocenters. The van der Waals surface area contributed by atoms with E-state index in [1.807, 2.05) is 0 Å². The summed E-state index contributed by atoms with van der Waals surface area (Å²) in [6, 6.07) is 1.60. The average molecular weight is 273 g/mol. The maximum absolute atomic E-state index is 5.89. The lowest BCUT2D eigenvalue weighted by atomic mass is 10.1. The van der Waals surface area contributed by atoms with E-state index in [1.165, 1.54) is 6.42 Å². The molecule has 6 heteroatoms. The third-order valence-electron chi connectivity index (χ3n) is 2.68. The number of hydrogen-bond donors (Lipinski definition) is 0. The molecule has 1 fully saturated rings. The van der Waals surface area contributed by atoms with Crippen molar-refractivity contribution < 1.29 is 14.2 Å². The topological polar surface area (TPSA) is 53.5 Å². The first-order valence-electron chi connectivity index (χ1n) is 6.04. The summed E-state index contributed by atoms with van der Waals surface area (Å²) >= 11 is 5.89. The molecule has 1 aliphatic rings. The maximum atomic E-state index is 5.89. The lowest BCUT2D eigenvalue weighted by Crippen LogP contribution is -2.26. The molecule has 5 nitrogen and oxygen atoms in total. The minimum absolute atomic E-state index is 0.151. The van der Waals surface area contributed by atoms with Crippen LogP contribution in [-0.2, 0) is 16.1 Å². The lowest BCUT2D eigenvalue weighted by molar-refractivity contribution is -0.0120. The molecule has 2 heterocycles. The van der Waals surface area contributed by atoms with Crippen molar-refractivity contribution in [1.82, 2.24) is 9.97 Å². The molecule has 0 aliphatic carbocycles. The normalized spacial score (nSPS) is 19.8. The first-order valence-corrected chi connectivity index (χ1v) is 6.42. The van der Waals surface area contributed by atoms with Gasteiger partial charge in [0.05, 0.1) is 6.10 Å². The number of ether oxygens (including phenoxy) is 3. The van der Waals surface area contributed by atoms with Crippen molar-refractivity contribution in [3.63, 3.8) is 0 Å². The summed E-state index contributed by atoms with van der Waals surface area (Å²) in [7, 11) is 1.58. The monoisotopic (exact) mass is 272 g/mol. The zero-order valence-corrected chi connectivity index (χ0v) is 11.2. The zero-order valence-electron chi connectivity index (χ0n) is 10.4. The minimum Gasteiger partial charge on any atom is -0.475 e. The van der Waals surface area contributed by atoms with Crippen molar-refractivity contribution in [2.45, 2.75) is 32.0 Å². The van der Waals surface area contributed by atoms with Gasteiger partial charge in [-0.05, 0) is 19.3 Å². The van der Waals surface area contributed by atoms with Gasteiger partial charge in [0.2, 0.25) is 5.88 Å². The van der Waals surface area contributed by atoms with E-state index in [0.717, 1.165) is 19.4 Å². The van der Waals surface area contributed by atoms with Gasteiger partial charge in [-0.15, -0.1) is 0 Å². The first-order chi connectivity index (χ1) is 8.78. The Morgan fingerprint density at radius 1 is 1.44 bits per heavy atom. The van der Waals surface area contributed by atoms with E-state index >= 15 is 0 Å². The Kier molecular flexibility index (Phi) is 5.16. The van der Waals surface area contributed by atoms with Crippen LogP contribution in [-0.4, -0.2) is 36.4 Å². The standard InChI is InChI=1S/C12H17ClN2O3/c1-16-8-11-14-10(13)6-12(15-11)18-7-9-4-2-3-5-17-9/h6,9H,2-5,7-8H2,1H3. The molecule has 1 saturated heterocycles. The van der Waals surface area contributed by atoms with Gasteiger partial charge in [-0.3, -0.25) is 0 Å². The lowest BCUT2D eigenvalue weighted by Gasteiger charge is -2.22. The van der Waals surface area contributed by atoms with Crippen LogP contribution >= 0.6 is 11.6 Å². The Labute approximate surface area is 111 Å². The number of halogens is 1. The van der Waals surface area contributed by atoms with Gasteiger partial charge in [0, 0.05) is 19.8 Å². The number of aromatic nitrogens is 2. The predicted octanol–water partition coefficient (Wildman–Crippen LogP) is 2.22. The molecule has 0 N–H and O–H groups in total. The number of nitrogens with zero attached hydrogens (tertiary/aromatic N) is 2. The largest absolute Gasteiger partial charge is 0.475 e. The summed E-state index contributed by atoms with van der Waals surface area (Å²) < 4.78 is 16.1. The van der Waals surface area contributed by atoms with Crippen LogP contribution in [0.5, 0.6) is 5.88 Å². The molecule has 1 atom stereocenters. The molecule has 1 aromatic rings. The molecular formula is C12H17ClN2O3. The number of hydrogen-bond acceptors (Lipinski definition) is 5. The van der Waals surface area contributed by atoms with Crippen LogP contribution in [0.4, 0.5) is 0 Å². The first kappa shape index (κ1) is 13.5. The smallest absolute Gasteiger partial charge is 0.218 e. The van der Waals surface area contributed by atoms with E-state index in [1.54, 1.807) is 13.2 Å². The molecule has 0 amide bonds. The van der Waals surface area contributed by atoms with E-state index in [-0.39, 0.29) is 6.10 Å². The van der Waals surface area contributed by atoms with Crippen molar-refractivity contribution >= 4 is 11.6 Å². The summed E-state index contributed by atoms with van der Waals surface area (Å²) in [6.45, 7) is 1.63. The molecule has 0 aromatic carbocycles. The second-order valence-corrected chi connectivity index (χ2v) is 4.56. The van der Waals surface area contributed by atoms with E-state index in [0.29, 0.717) is 30.1 Å². The highest BCUT2D eigenvalue weighted by Crippen LogP contribution is 2.17. The van der Waals surface area contributed by atoms with Crippen LogP contribution in [0.15, 0.2) is 6.07 Å². The Bertz CT molecular complexity index is 384. The highest BCUT2D eigenvalue weighted by molar-refractivity contribution is 6.29. The van der Waals surface area contributed by atoms with E-state index < -0.39 is 0 Å². The maximum Gasteiger partial charge on any atom is 0.218 e. The second-order valence-electron chi connectivity index (χ2n) is 4.18. The van der Waals surface area contributed by atoms with Gasteiger partial charge in [-0.25, -0.2) is 4.98 Å². The molecule has 0 saturated carbocycles. The van der Waals surface area contributed by atoms with Crippen molar-refractivity contribution in [2.24, 2.45) is 0 Å². The van der Waals surface area contributed by atoms with Gasteiger partial charge in [-0.1, -0.05) is 11.6 Å². The fraction of sp³-hybridized carbons (Fsp3) is 0.667. The van der Waals surface area contributed by atoms with Crippen LogP contribution in [0, 0.1) is 0 Å². The fourth-order valence-corrected chi connectivity index (χ4v) is 2.02. The van der Waals surface area contributed by atoms with Crippen LogP contribution in [0.25, 0.3) is 0 Å². The van der Waals surface area contributed by atoms with E-state index in [9.17, 15) is 0 Å². The minimum atomic E-state index is 0.151. The van der Waals surface area contributed by atoms with Gasteiger partial charge in [0.1, 0.15) is 18.4 Å². The summed E-state index contributed by atoms with van der Waals surface area (Å²) in [5.41, 5.74) is 0. The highest BCUT2D eigenvalue weighted by Gasteiger charge is 2.15. The summed E-state index contributed by atoms with van der Waals surface area (Å²) in [4.78, 5) is 8.25. The average Bonchev–Trinajstić information content (AvgIpc) is 2.37. The second kappa shape index (κ2) is 6.87. The predicted molar refractivity (Wildman–Crippen MR) is 66.8 cm³/mol. The zero-order chi connectivity index (χ0) is 12.8. The van der Waals surface area contributed by atoms with Crippen molar-refractivity contribution in [1.29, 1.82) is 0 Å². The number of rotatable bonds is 5. The van der Waals surface area contributed by atoms with Crippen LogP contribution < -0.4 is 4.74 Å². The van der Waals surface area contributed by atoms with E-state index in [2.05, 4.69) is 9.97 Å². The van der Waals surface area contributed by atoms with Gasteiger partial charge >= 0.3 is 0 Å². The van der Waals surface area contributed by atoms with Gasteiger partial charge in [-0.2, -0.15) is 4.98 Å². The third kappa shape index (κ3) is 4.08. The molecule has 0 bridgehead atoms. The molecule has 100 valence electrons. The molecule has 0 spiro atoms. The van der Waals surface area contributed by atoms with Crippen LogP contribution in [0.3, 0.4) is 0 Å².